The largest absolute Gasteiger partial charge is 0.380 e. The summed E-state index contributed by atoms with van der Waals surface area (Å²) in [7, 11) is 0. The van der Waals surface area contributed by atoms with Crippen LogP contribution >= 0.6 is 11.3 Å². The SMILES string of the molecule is Cc1ccc(CNc2ccc(NC(=O)C(C)C)cc2)s1. The minimum Gasteiger partial charge on any atom is -0.380 e. The average molecular weight is 288 g/mol. The molecule has 0 aliphatic carbocycles. The van der Waals surface area contributed by atoms with E-state index in [1.807, 2.05) is 38.1 Å². The number of hydrogen-bond donors (Lipinski definition) is 2. The van der Waals surface area contributed by atoms with E-state index >= 15 is 0 Å². The number of thiophene rings is 1. The van der Waals surface area contributed by atoms with Gasteiger partial charge in [0.25, 0.3) is 0 Å². The molecule has 0 aliphatic rings. The Hall–Kier alpha value is -1.81. The molecule has 0 atom stereocenters. The van der Waals surface area contributed by atoms with Gasteiger partial charge in [0.15, 0.2) is 0 Å². The Morgan fingerprint density at radius 3 is 2.30 bits per heavy atom. The van der Waals surface area contributed by atoms with Crippen LogP contribution in [0.25, 0.3) is 0 Å². The monoisotopic (exact) mass is 288 g/mol. The summed E-state index contributed by atoms with van der Waals surface area (Å²) in [5.74, 6) is 0.0367. The molecule has 3 nitrogen and oxygen atoms in total. The molecule has 106 valence electrons. The van der Waals surface area contributed by atoms with E-state index in [9.17, 15) is 4.79 Å². The second kappa shape index (κ2) is 6.57. The zero-order valence-corrected chi connectivity index (χ0v) is 12.9. The Morgan fingerprint density at radius 1 is 1.10 bits per heavy atom. The number of carbonyl (C=O) groups excluding carboxylic acids is 1. The summed E-state index contributed by atoms with van der Waals surface area (Å²) >= 11 is 1.80. The molecule has 0 saturated heterocycles. The Labute approximate surface area is 124 Å². The molecular formula is C16H20N2OS. The summed E-state index contributed by atoms with van der Waals surface area (Å²) < 4.78 is 0. The van der Waals surface area contributed by atoms with Crippen molar-refractivity contribution in [3.8, 4) is 0 Å². The first-order chi connectivity index (χ1) is 9.54. The van der Waals surface area contributed by atoms with Gasteiger partial charge in [-0.25, -0.2) is 0 Å². The van der Waals surface area contributed by atoms with Gasteiger partial charge < -0.3 is 10.6 Å². The number of rotatable bonds is 5. The zero-order chi connectivity index (χ0) is 14.5. The molecule has 2 rings (SSSR count). The first kappa shape index (κ1) is 14.6. The van der Waals surface area contributed by atoms with Crippen molar-refractivity contribution in [3.63, 3.8) is 0 Å². The normalized spacial score (nSPS) is 10.6. The fourth-order valence-electron chi connectivity index (χ4n) is 1.73. The second-order valence-electron chi connectivity index (χ2n) is 5.09. The number of carbonyl (C=O) groups is 1. The lowest BCUT2D eigenvalue weighted by molar-refractivity contribution is -0.118. The third-order valence-electron chi connectivity index (χ3n) is 2.94. The zero-order valence-electron chi connectivity index (χ0n) is 12.1. The maximum atomic E-state index is 11.6. The van der Waals surface area contributed by atoms with Gasteiger partial charge in [0.1, 0.15) is 0 Å². The minimum absolute atomic E-state index is 0.00475. The van der Waals surface area contributed by atoms with Gasteiger partial charge in [-0.05, 0) is 43.3 Å². The average Bonchev–Trinajstić information content (AvgIpc) is 2.83. The van der Waals surface area contributed by atoms with E-state index in [1.54, 1.807) is 11.3 Å². The van der Waals surface area contributed by atoms with Crippen LogP contribution in [0.5, 0.6) is 0 Å². The number of benzene rings is 1. The Balaban J connectivity index is 1.89. The first-order valence-corrected chi connectivity index (χ1v) is 7.56. The third kappa shape index (κ3) is 4.10. The predicted molar refractivity (Wildman–Crippen MR) is 86.3 cm³/mol. The number of amides is 1. The van der Waals surface area contributed by atoms with Crippen LogP contribution in [0.1, 0.15) is 23.6 Å². The van der Waals surface area contributed by atoms with Gasteiger partial charge in [0.2, 0.25) is 5.91 Å². The van der Waals surface area contributed by atoms with Crippen molar-refractivity contribution < 1.29 is 4.79 Å². The summed E-state index contributed by atoms with van der Waals surface area (Å²) in [6.45, 7) is 6.71. The topological polar surface area (TPSA) is 41.1 Å². The first-order valence-electron chi connectivity index (χ1n) is 6.74. The summed E-state index contributed by atoms with van der Waals surface area (Å²) in [4.78, 5) is 14.2. The van der Waals surface area contributed by atoms with Gasteiger partial charge in [0, 0.05) is 33.6 Å². The second-order valence-corrected chi connectivity index (χ2v) is 6.46. The number of anilines is 2. The minimum atomic E-state index is -0.00475. The van der Waals surface area contributed by atoms with Crippen LogP contribution in [-0.4, -0.2) is 5.91 Å². The fraction of sp³-hybridized carbons (Fsp3) is 0.312. The fourth-order valence-corrected chi connectivity index (χ4v) is 2.56. The van der Waals surface area contributed by atoms with Crippen molar-refractivity contribution >= 4 is 28.6 Å². The van der Waals surface area contributed by atoms with E-state index in [1.165, 1.54) is 9.75 Å². The van der Waals surface area contributed by atoms with Crippen LogP contribution in [0, 0.1) is 12.8 Å². The molecule has 2 N–H and O–H groups in total. The molecule has 0 radical (unpaired) electrons. The Morgan fingerprint density at radius 2 is 1.75 bits per heavy atom. The van der Waals surface area contributed by atoms with Gasteiger partial charge in [-0.15, -0.1) is 11.3 Å². The molecule has 0 unspecified atom stereocenters. The predicted octanol–water partition coefficient (Wildman–Crippen LogP) is 4.26. The highest BCUT2D eigenvalue weighted by Crippen LogP contribution is 2.18. The molecular weight excluding hydrogens is 268 g/mol. The van der Waals surface area contributed by atoms with E-state index in [4.69, 9.17) is 0 Å². The van der Waals surface area contributed by atoms with Gasteiger partial charge in [0.05, 0.1) is 0 Å². The Bertz CT molecular complexity index is 572. The van der Waals surface area contributed by atoms with Crippen LogP contribution in [0.3, 0.4) is 0 Å². The summed E-state index contributed by atoms with van der Waals surface area (Å²) in [6.07, 6.45) is 0. The maximum Gasteiger partial charge on any atom is 0.226 e. The molecule has 0 spiro atoms. The van der Waals surface area contributed by atoms with Crippen molar-refractivity contribution in [1.82, 2.24) is 0 Å². The standard InChI is InChI=1S/C16H20N2OS/c1-11(2)16(19)18-14-7-5-13(6-8-14)17-10-15-9-4-12(3)20-15/h4-9,11,17H,10H2,1-3H3,(H,18,19). The highest BCUT2D eigenvalue weighted by Gasteiger charge is 2.06. The number of nitrogens with one attached hydrogen (secondary N) is 2. The summed E-state index contributed by atoms with van der Waals surface area (Å²) in [5.41, 5.74) is 1.89. The van der Waals surface area contributed by atoms with E-state index in [0.29, 0.717) is 0 Å². The van der Waals surface area contributed by atoms with Crippen LogP contribution in [0.2, 0.25) is 0 Å². The van der Waals surface area contributed by atoms with Crippen molar-refractivity contribution in [3.05, 3.63) is 46.2 Å². The summed E-state index contributed by atoms with van der Waals surface area (Å²) in [6, 6.07) is 12.1. The van der Waals surface area contributed by atoms with Gasteiger partial charge >= 0.3 is 0 Å². The molecule has 1 aromatic heterocycles. The molecule has 2 aromatic rings. The molecule has 4 heteroatoms. The van der Waals surface area contributed by atoms with Crippen LogP contribution in [0.4, 0.5) is 11.4 Å². The van der Waals surface area contributed by atoms with Crippen molar-refractivity contribution in [1.29, 1.82) is 0 Å². The van der Waals surface area contributed by atoms with Gasteiger partial charge in [-0.3, -0.25) is 4.79 Å². The maximum absolute atomic E-state index is 11.6. The quantitative estimate of drug-likeness (QED) is 0.863. The summed E-state index contributed by atoms with van der Waals surface area (Å²) in [5, 5.41) is 6.26. The van der Waals surface area contributed by atoms with Crippen LogP contribution in [-0.2, 0) is 11.3 Å². The molecule has 0 saturated carbocycles. The van der Waals surface area contributed by atoms with E-state index in [2.05, 4.69) is 29.7 Å². The molecule has 1 aromatic carbocycles. The van der Waals surface area contributed by atoms with Gasteiger partial charge in [-0.1, -0.05) is 13.8 Å². The third-order valence-corrected chi connectivity index (χ3v) is 3.94. The van der Waals surface area contributed by atoms with Crippen LogP contribution < -0.4 is 10.6 Å². The van der Waals surface area contributed by atoms with Crippen molar-refractivity contribution in [2.24, 2.45) is 5.92 Å². The van der Waals surface area contributed by atoms with E-state index in [-0.39, 0.29) is 11.8 Å². The molecule has 1 amide bonds. The number of hydrogen-bond acceptors (Lipinski definition) is 3. The van der Waals surface area contributed by atoms with E-state index in [0.717, 1.165) is 17.9 Å². The smallest absolute Gasteiger partial charge is 0.226 e. The molecule has 0 fully saturated rings. The van der Waals surface area contributed by atoms with E-state index < -0.39 is 0 Å². The van der Waals surface area contributed by atoms with Crippen molar-refractivity contribution in [2.45, 2.75) is 27.3 Å². The molecule has 0 aliphatic heterocycles. The molecule has 20 heavy (non-hydrogen) atoms. The Kier molecular flexibility index (Phi) is 4.79. The molecule has 0 bridgehead atoms. The highest BCUT2D eigenvalue weighted by atomic mass is 32.1. The van der Waals surface area contributed by atoms with Crippen LogP contribution in [0.15, 0.2) is 36.4 Å². The lowest BCUT2D eigenvalue weighted by atomic mass is 10.2. The lowest BCUT2D eigenvalue weighted by Gasteiger charge is -2.09. The van der Waals surface area contributed by atoms with Gasteiger partial charge in [-0.2, -0.15) is 0 Å². The number of aryl methyl sites for hydroxylation is 1. The lowest BCUT2D eigenvalue weighted by Crippen LogP contribution is -2.17. The highest BCUT2D eigenvalue weighted by molar-refractivity contribution is 7.11. The molecule has 1 heterocycles. The van der Waals surface area contributed by atoms with Crippen molar-refractivity contribution in [2.75, 3.05) is 10.6 Å².